The number of aryl methyl sites for hydroxylation is 2. The fraction of sp³-hybridized carbons (Fsp3) is 0.263. The largest absolute Gasteiger partial charge is 0.477 e. The first-order valence-electron chi connectivity index (χ1n) is 8.14. The van der Waals surface area contributed by atoms with Gasteiger partial charge in [0.25, 0.3) is 5.56 Å². The first-order chi connectivity index (χ1) is 11.5. The van der Waals surface area contributed by atoms with E-state index < -0.39 is 11.5 Å². The lowest BCUT2D eigenvalue weighted by Gasteiger charge is -2.10. The Morgan fingerprint density at radius 1 is 1.21 bits per heavy atom. The van der Waals surface area contributed by atoms with Gasteiger partial charge in [-0.05, 0) is 48.2 Å². The highest BCUT2D eigenvalue weighted by molar-refractivity contribution is 5.89. The summed E-state index contributed by atoms with van der Waals surface area (Å²) in [5.41, 5.74) is 2.77. The quantitative estimate of drug-likeness (QED) is 0.752. The summed E-state index contributed by atoms with van der Waals surface area (Å²) in [6, 6.07) is 9.59. The van der Waals surface area contributed by atoms with Crippen LogP contribution in [0.4, 0.5) is 0 Å². The van der Waals surface area contributed by atoms with Gasteiger partial charge in [0.2, 0.25) is 0 Å². The minimum Gasteiger partial charge on any atom is -0.477 e. The number of nitrogens with zero attached hydrogens (tertiary/aromatic N) is 1. The summed E-state index contributed by atoms with van der Waals surface area (Å²) in [5.74, 6) is -1.20. The van der Waals surface area contributed by atoms with Crippen LogP contribution in [-0.4, -0.2) is 20.6 Å². The molecule has 5 nitrogen and oxygen atoms in total. The second-order valence-electron chi connectivity index (χ2n) is 5.85. The Morgan fingerprint density at radius 3 is 2.67 bits per heavy atom. The maximum absolute atomic E-state index is 12.0. The number of nitrogens with one attached hydrogen (secondary N) is 1. The van der Waals surface area contributed by atoms with E-state index in [4.69, 9.17) is 5.11 Å². The van der Waals surface area contributed by atoms with Crippen molar-refractivity contribution in [2.75, 3.05) is 0 Å². The van der Waals surface area contributed by atoms with Crippen molar-refractivity contribution < 1.29 is 9.90 Å². The number of carboxylic acids is 1. The highest BCUT2D eigenvalue weighted by Gasteiger charge is 2.14. The SMILES string of the molecule is CCCn1ccc2cc(-c3[nH]c(=O)c(C(=O)O)cc3CC)ccc21. The van der Waals surface area contributed by atoms with Crippen LogP contribution in [0.3, 0.4) is 0 Å². The lowest BCUT2D eigenvalue weighted by Crippen LogP contribution is -2.19. The van der Waals surface area contributed by atoms with Crippen molar-refractivity contribution in [2.45, 2.75) is 33.2 Å². The third kappa shape index (κ3) is 2.73. The van der Waals surface area contributed by atoms with E-state index in [0.717, 1.165) is 35.0 Å². The second kappa shape index (κ2) is 6.35. The molecule has 0 aliphatic rings. The lowest BCUT2D eigenvalue weighted by molar-refractivity contribution is 0.0695. The fourth-order valence-corrected chi connectivity index (χ4v) is 3.06. The fourth-order valence-electron chi connectivity index (χ4n) is 3.06. The van der Waals surface area contributed by atoms with Crippen molar-refractivity contribution in [3.63, 3.8) is 0 Å². The van der Waals surface area contributed by atoms with Crippen LogP contribution < -0.4 is 5.56 Å². The van der Waals surface area contributed by atoms with Crippen molar-refractivity contribution >= 4 is 16.9 Å². The number of carboxylic acid groups (broad SMARTS) is 1. The number of carbonyl (C=O) groups is 1. The van der Waals surface area contributed by atoms with Crippen LogP contribution in [0.15, 0.2) is 41.3 Å². The number of aromatic amines is 1. The number of H-pyrrole nitrogens is 1. The molecule has 3 aromatic rings. The number of fused-ring (bicyclic) bond motifs is 1. The van der Waals surface area contributed by atoms with E-state index in [1.54, 1.807) is 0 Å². The zero-order valence-electron chi connectivity index (χ0n) is 13.8. The van der Waals surface area contributed by atoms with E-state index in [1.807, 2.05) is 25.1 Å². The van der Waals surface area contributed by atoms with Gasteiger partial charge < -0.3 is 14.7 Å². The minimum atomic E-state index is -1.20. The van der Waals surface area contributed by atoms with E-state index in [0.29, 0.717) is 12.1 Å². The summed E-state index contributed by atoms with van der Waals surface area (Å²) in [6.07, 6.45) is 3.77. The Bertz CT molecular complexity index is 966. The zero-order chi connectivity index (χ0) is 17.3. The molecule has 0 atom stereocenters. The Labute approximate surface area is 139 Å². The molecular formula is C19H20N2O3. The molecule has 0 radical (unpaired) electrons. The van der Waals surface area contributed by atoms with Crippen molar-refractivity contribution in [2.24, 2.45) is 0 Å². The molecule has 0 spiro atoms. The summed E-state index contributed by atoms with van der Waals surface area (Å²) in [7, 11) is 0. The predicted molar refractivity (Wildman–Crippen MR) is 94.6 cm³/mol. The summed E-state index contributed by atoms with van der Waals surface area (Å²) < 4.78 is 2.20. The third-order valence-corrected chi connectivity index (χ3v) is 4.26. The van der Waals surface area contributed by atoms with Crippen LogP contribution in [0.2, 0.25) is 0 Å². The molecule has 2 heterocycles. The molecule has 124 valence electrons. The summed E-state index contributed by atoms with van der Waals surface area (Å²) in [4.78, 5) is 25.9. The first kappa shape index (κ1) is 16.1. The van der Waals surface area contributed by atoms with Crippen molar-refractivity contribution in [1.82, 2.24) is 9.55 Å². The first-order valence-corrected chi connectivity index (χ1v) is 8.14. The monoisotopic (exact) mass is 324 g/mol. The van der Waals surface area contributed by atoms with Gasteiger partial charge in [-0.15, -0.1) is 0 Å². The average Bonchev–Trinajstić information content (AvgIpc) is 2.97. The van der Waals surface area contributed by atoms with Crippen LogP contribution in [0.25, 0.3) is 22.2 Å². The minimum absolute atomic E-state index is 0.217. The Kier molecular flexibility index (Phi) is 4.25. The van der Waals surface area contributed by atoms with E-state index in [-0.39, 0.29) is 5.56 Å². The van der Waals surface area contributed by atoms with Gasteiger partial charge in [0.15, 0.2) is 0 Å². The van der Waals surface area contributed by atoms with Crippen molar-refractivity contribution in [3.05, 3.63) is 58.0 Å². The molecule has 0 saturated heterocycles. The molecule has 2 aromatic heterocycles. The highest BCUT2D eigenvalue weighted by atomic mass is 16.4. The molecule has 0 aliphatic carbocycles. The topological polar surface area (TPSA) is 75.1 Å². The van der Waals surface area contributed by atoms with Gasteiger partial charge in [0, 0.05) is 23.6 Å². The molecule has 0 unspecified atom stereocenters. The molecule has 0 bridgehead atoms. The van der Waals surface area contributed by atoms with Crippen molar-refractivity contribution in [1.29, 1.82) is 0 Å². The standard InChI is InChI=1S/C19H20N2O3/c1-3-8-21-9-7-13-10-14(5-6-16(13)21)17-12(4-2)11-15(19(23)24)18(22)20-17/h5-7,9-11H,3-4,8H2,1-2H3,(H,20,22)(H,23,24). The van der Waals surface area contributed by atoms with Crippen LogP contribution >= 0.6 is 0 Å². The molecular weight excluding hydrogens is 304 g/mol. The number of aromatic carboxylic acids is 1. The number of hydrogen-bond donors (Lipinski definition) is 2. The molecule has 0 fully saturated rings. The van der Waals surface area contributed by atoms with E-state index in [9.17, 15) is 9.59 Å². The lowest BCUT2D eigenvalue weighted by atomic mass is 10.0. The van der Waals surface area contributed by atoms with Crippen molar-refractivity contribution in [3.8, 4) is 11.3 Å². The molecule has 0 amide bonds. The smallest absolute Gasteiger partial charge is 0.341 e. The van der Waals surface area contributed by atoms with Gasteiger partial charge in [-0.1, -0.05) is 19.9 Å². The van der Waals surface area contributed by atoms with Gasteiger partial charge >= 0.3 is 5.97 Å². The summed E-state index contributed by atoms with van der Waals surface area (Å²) >= 11 is 0. The Balaban J connectivity index is 2.15. The number of benzene rings is 1. The van der Waals surface area contributed by atoms with Gasteiger partial charge in [0.1, 0.15) is 5.56 Å². The number of aromatic nitrogens is 2. The molecule has 5 heteroatoms. The van der Waals surface area contributed by atoms with Crippen LogP contribution in [0.5, 0.6) is 0 Å². The van der Waals surface area contributed by atoms with Crippen LogP contribution in [0, 0.1) is 0 Å². The maximum atomic E-state index is 12.0. The van der Waals surface area contributed by atoms with E-state index in [2.05, 4.69) is 28.7 Å². The molecule has 24 heavy (non-hydrogen) atoms. The van der Waals surface area contributed by atoms with Gasteiger partial charge in [-0.3, -0.25) is 4.79 Å². The van der Waals surface area contributed by atoms with Crippen LogP contribution in [0.1, 0.15) is 36.2 Å². The van der Waals surface area contributed by atoms with Crippen LogP contribution in [-0.2, 0) is 13.0 Å². The Morgan fingerprint density at radius 2 is 2.00 bits per heavy atom. The maximum Gasteiger partial charge on any atom is 0.341 e. The second-order valence-corrected chi connectivity index (χ2v) is 5.85. The zero-order valence-corrected chi connectivity index (χ0v) is 13.8. The van der Waals surface area contributed by atoms with Gasteiger partial charge in [-0.2, -0.15) is 0 Å². The molecule has 2 N–H and O–H groups in total. The summed E-state index contributed by atoms with van der Waals surface area (Å²) in [6.45, 7) is 5.05. The normalized spacial score (nSPS) is 11.1. The van der Waals surface area contributed by atoms with E-state index in [1.165, 1.54) is 6.07 Å². The number of pyridine rings is 1. The molecule has 3 rings (SSSR count). The average molecular weight is 324 g/mol. The summed E-state index contributed by atoms with van der Waals surface area (Å²) in [5, 5.41) is 10.2. The Hall–Kier alpha value is -2.82. The predicted octanol–water partition coefficient (Wildman–Crippen LogP) is 3.67. The third-order valence-electron chi connectivity index (χ3n) is 4.26. The van der Waals surface area contributed by atoms with Gasteiger partial charge in [0.05, 0.1) is 5.69 Å². The number of hydrogen-bond acceptors (Lipinski definition) is 2. The highest BCUT2D eigenvalue weighted by Crippen LogP contribution is 2.26. The van der Waals surface area contributed by atoms with Gasteiger partial charge in [-0.25, -0.2) is 4.79 Å². The molecule has 0 aliphatic heterocycles. The number of rotatable bonds is 5. The molecule has 0 saturated carbocycles. The van der Waals surface area contributed by atoms with E-state index >= 15 is 0 Å². The molecule has 1 aromatic carbocycles.